The van der Waals surface area contributed by atoms with Gasteiger partial charge in [0, 0.05) is 11.9 Å². The fraction of sp³-hybridized carbons (Fsp3) is 0.0833. The molecule has 2 N–H and O–H groups in total. The molecule has 7 heteroatoms. The van der Waals surface area contributed by atoms with Crippen molar-refractivity contribution in [2.24, 2.45) is 0 Å². The zero-order valence-corrected chi connectivity index (χ0v) is 11.5. The second kappa shape index (κ2) is 5.07. The Morgan fingerprint density at radius 2 is 1.89 bits per heavy atom. The van der Waals surface area contributed by atoms with Gasteiger partial charge in [-0.3, -0.25) is 4.72 Å². The molecule has 0 saturated heterocycles. The fourth-order valence-electron chi connectivity index (χ4n) is 1.42. The first-order valence-electron chi connectivity index (χ1n) is 5.32. The summed E-state index contributed by atoms with van der Waals surface area (Å²) in [6, 6.07) is 7.15. The van der Waals surface area contributed by atoms with Crippen molar-refractivity contribution in [2.75, 3.05) is 4.72 Å². The highest BCUT2D eigenvalue weighted by molar-refractivity contribution is 7.92. The number of halogens is 1. The van der Waals surface area contributed by atoms with Crippen LogP contribution in [0.15, 0.2) is 41.4 Å². The van der Waals surface area contributed by atoms with E-state index in [-0.39, 0.29) is 15.8 Å². The van der Waals surface area contributed by atoms with Gasteiger partial charge >= 0.3 is 0 Å². The van der Waals surface area contributed by atoms with Crippen molar-refractivity contribution in [3.8, 4) is 5.75 Å². The Kier molecular flexibility index (Phi) is 3.64. The first kappa shape index (κ1) is 13.6. The van der Waals surface area contributed by atoms with Gasteiger partial charge in [0.05, 0.1) is 0 Å². The van der Waals surface area contributed by atoms with E-state index in [1.807, 2.05) is 0 Å². The molecule has 100 valence electrons. The highest BCUT2D eigenvalue weighted by Crippen LogP contribution is 2.20. The van der Waals surface area contributed by atoms with Crippen LogP contribution in [0.2, 0.25) is 5.15 Å². The minimum atomic E-state index is -3.72. The average molecular weight is 299 g/mol. The van der Waals surface area contributed by atoms with Crippen molar-refractivity contribution in [1.29, 1.82) is 0 Å². The number of aromatic nitrogens is 1. The summed E-state index contributed by atoms with van der Waals surface area (Å²) in [5.41, 5.74) is 0.931. The zero-order valence-electron chi connectivity index (χ0n) is 9.96. The van der Waals surface area contributed by atoms with Crippen molar-refractivity contribution < 1.29 is 13.5 Å². The summed E-state index contributed by atoms with van der Waals surface area (Å²) in [4.78, 5) is 3.84. The van der Waals surface area contributed by atoms with Crippen LogP contribution in [0.4, 0.5) is 5.69 Å². The van der Waals surface area contributed by atoms with E-state index in [9.17, 15) is 8.42 Å². The number of sulfonamides is 1. The van der Waals surface area contributed by atoms with Gasteiger partial charge in [-0.2, -0.15) is 0 Å². The van der Waals surface area contributed by atoms with Crippen LogP contribution in [-0.4, -0.2) is 18.5 Å². The van der Waals surface area contributed by atoms with Crippen molar-refractivity contribution in [3.63, 3.8) is 0 Å². The molecule has 0 bridgehead atoms. The number of phenolic OH excluding ortho intramolecular Hbond substituents is 1. The van der Waals surface area contributed by atoms with Crippen LogP contribution in [0.3, 0.4) is 0 Å². The number of rotatable bonds is 3. The Morgan fingerprint density at radius 1 is 1.26 bits per heavy atom. The minimum Gasteiger partial charge on any atom is -0.508 e. The summed E-state index contributed by atoms with van der Waals surface area (Å²) in [5.74, 6) is 0.0620. The van der Waals surface area contributed by atoms with E-state index in [1.165, 1.54) is 36.5 Å². The van der Waals surface area contributed by atoms with Crippen LogP contribution in [0.25, 0.3) is 0 Å². The summed E-state index contributed by atoms with van der Waals surface area (Å²) < 4.78 is 26.6. The highest BCUT2D eigenvalue weighted by atomic mass is 35.5. The molecule has 19 heavy (non-hydrogen) atoms. The monoisotopic (exact) mass is 298 g/mol. The second-order valence-corrected chi connectivity index (χ2v) is 5.97. The maximum atomic E-state index is 12.1. The van der Waals surface area contributed by atoms with Crippen molar-refractivity contribution in [3.05, 3.63) is 47.2 Å². The summed E-state index contributed by atoms with van der Waals surface area (Å²) in [6.45, 7) is 1.68. The van der Waals surface area contributed by atoms with E-state index in [0.29, 0.717) is 11.3 Å². The quantitative estimate of drug-likeness (QED) is 0.674. The number of aromatic hydroxyl groups is 1. The van der Waals surface area contributed by atoms with E-state index in [2.05, 4.69) is 9.71 Å². The normalized spacial score (nSPS) is 11.3. The Balaban J connectivity index is 2.32. The third-order valence-corrected chi connectivity index (χ3v) is 4.16. The smallest absolute Gasteiger partial charge is 0.263 e. The predicted molar refractivity (Wildman–Crippen MR) is 72.9 cm³/mol. The number of aryl methyl sites for hydroxylation is 1. The van der Waals surface area contributed by atoms with E-state index >= 15 is 0 Å². The first-order valence-corrected chi connectivity index (χ1v) is 7.18. The maximum Gasteiger partial charge on any atom is 0.263 e. The molecule has 5 nitrogen and oxygen atoms in total. The summed E-state index contributed by atoms with van der Waals surface area (Å²) >= 11 is 5.75. The van der Waals surface area contributed by atoms with Gasteiger partial charge in [0.25, 0.3) is 10.0 Å². The molecule has 1 aromatic carbocycles. The lowest BCUT2D eigenvalue weighted by Crippen LogP contribution is -2.13. The molecule has 0 aliphatic rings. The van der Waals surface area contributed by atoms with E-state index < -0.39 is 10.0 Å². The molecule has 1 aromatic heterocycles. The van der Waals surface area contributed by atoms with Crippen LogP contribution in [-0.2, 0) is 10.0 Å². The Hall–Kier alpha value is -1.79. The third kappa shape index (κ3) is 3.15. The van der Waals surface area contributed by atoms with Crippen LogP contribution in [0, 0.1) is 6.92 Å². The van der Waals surface area contributed by atoms with Crippen LogP contribution < -0.4 is 4.72 Å². The van der Waals surface area contributed by atoms with Gasteiger partial charge < -0.3 is 5.11 Å². The molecule has 0 amide bonds. The molecule has 1 heterocycles. The van der Waals surface area contributed by atoms with Gasteiger partial charge in [-0.1, -0.05) is 11.6 Å². The SMILES string of the molecule is Cc1cc(S(=O)(=O)Nc2ccc(O)cc2)cnc1Cl. The lowest BCUT2D eigenvalue weighted by Gasteiger charge is -2.08. The number of phenols is 1. The second-order valence-electron chi connectivity index (χ2n) is 3.93. The van der Waals surface area contributed by atoms with Gasteiger partial charge in [0.2, 0.25) is 0 Å². The third-order valence-electron chi connectivity index (χ3n) is 2.42. The molecule has 0 aliphatic carbocycles. The molecule has 0 fully saturated rings. The largest absolute Gasteiger partial charge is 0.508 e. The molecular formula is C12H11ClN2O3S. The topological polar surface area (TPSA) is 79.3 Å². The van der Waals surface area contributed by atoms with E-state index in [0.717, 1.165) is 0 Å². The molecule has 0 unspecified atom stereocenters. The summed E-state index contributed by atoms with van der Waals surface area (Å²) in [6.07, 6.45) is 1.19. The van der Waals surface area contributed by atoms with Crippen LogP contribution >= 0.6 is 11.6 Å². The molecule has 0 saturated carbocycles. The van der Waals surface area contributed by atoms with E-state index in [1.54, 1.807) is 6.92 Å². The van der Waals surface area contributed by atoms with Crippen LogP contribution in [0.1, 0.15) is 5.56 Å². The van der Waals surface area contributed by atoms with Crippen molar-refractivity contribution in [1.82, 2.24) is 4.98 Å². The Bertz CT molecular complexity index is 699. The number of hydrogen-bond acceptors (Lipinski definition) is 4. The number of benzene rings is 1. The lowest BCUT2D eigenvalue weighted by molar-refractivity contribution is 0.475. The molecule has 2 aromatic rings. The number of nitrogens with one attached hydrogen (secondary N) is 1. The van der Waals surface area contributed by atoms with Gasteiger partial charge in [0.15, 0.2) is 0 Å². The lowest BCUT2D eigenvalue weighted by atomic mass is 10.3. The van der Waals surface area contributed by atoms with E-state index in [4.69, 9.17) is 16.7 Å². The van der Waals surface area contributed by atoms with Gasteiger partial charge in [-0.05, 0) is 42.8 Å². The maximum absolute atomic E-state index is 12.1. The summed E-state index contributed by atoms with van der Waals surface area (Å²) in [7, 11) is -3.72. The Morgan fingerprint density at radius 3 is 2.47 bits per heavy atom. The number of hydrogen-bond donors (Lipinski definition) is 2. The predicted octanol–water partition coefficient (Wildman–Crippen LogP) is 2.55. The summed E-state index contributed by atoms with van der Waals surface area (Å²) in [5, 5.41) is 9.40. The van der Waals surface area contributed by atoms with Crippen molar-refractivity contribution in [2.45, 2.75) is 11.8 Å². The molecular weight excluding hydrogens is 288 g/mol. The van der Waals surface area contributed by atoms with Gasteiger partial charge in [0.1, 0.15) is 15.8 Å². The fourth-order valence-corrected chi connectivity index (χ4v) is 2.61. The number of pyridine rings is 1. The first-order chi connectivity index (χ1) is 8.88. The number of anilines is 1. The van der Waals surface area contributed by atoms with Gasteiger partial charge in [-0.15, -0.1) is 0 Å². The Labute approximate surface area is 115 Å². The standard InChI is InChI=1S/C12H11ClN2O3S/c1-8-6-11(7-14-12(8)13)19(17,18)15-9-2-4-10(16)5-3-9/h2-7,15-16H,1H3. The molecule has 0 radical (unpaired) electrons. The molecule has 0 atom stereocenters. The highest BCUT2D eigenvalue weighted by Gasteiger charge is 2.15. The van der Waals surface area contributed by atoms with Crippen LogP contribution in [0.5, 0.6) is 5.75 Å². The zero-order chi connectivity index (χ0) is 14.0. The van der Waals surface area contributed by atoms with Crippen molar-refractivity contribution >= 4 is 27.3 Å². The van der Waals surface area contributed by atoms with Gasteiger partial charge in [-0.25, -0.2) is 13.4 Å². The molecule has 0 aliphatic heterocycles. The number of nitrogens with zero attached hydrogens (tertiary/aromatic N) is 1. The minimum absolute atomic E-state index is 0.0301. The molecule has 2 rings (SSSR count). The average Bonchev–Trinajstić information content (AvgIpc) is 2.35. The molecule has 0 spiro atoms.